The van der Waals surface area contributed by atoms with Gasteiger partial charge in [-0.3, -0.25) is 5.10 Å². The van der Waals surface area contributed by atoms with Crippen molar-refractivity contribution in [2.24, 2.45) is 0 Å². The van der Waals surface area contributed by atoms with E-state index in [0.29, 0.717) is 0 Å². The molecule has 1 N–H and O–H groups in total. The zero-order valence-electron chi connectivity index (χ0n) is 12.1. The number of aromatic nitrogens is 2. The summed E-state index contributed by atoms with van der Waals surface area (Å²) in [7, 11) is -0.392. The molecule has 0 saturated carbocycles. The number of nitrogens with one attached hydrogen (secondary N) is 1. The van der Waals surface area contributed by atoms with Gasteiger partial charge in [0.15, 0.2) is 0 Å². The highest BCUT2D eigenvalue weighted by molar-refractivity contribution is 6.64. The van der Waals surface area contributed by atoms with Crippen LogP contribution in [0.5, 0.6) is 0 Å². The predicted molar refractivity (Wildman–Crippen MR) is 76.5 cm³/mol. The first-order valence-electron chi connectivity index (χ1n) is 6.60. The van der Waals surface area contributed by atoms with Crippen LogP contribution < -0.4 is 5.59 Å². The lowest BCUT2D eigenvalue weighted by Gasteiger charge is -2.32. The van der Waals surface area contributed by atoms with E-state index < -0.39 is 7.12 Å². The van der Waals surface area contributed by atoms with Crippen LogP contribution in [0.15, 0.2) is 18.2 Å². The van der Waals surface area contributed by atoms with E-state index in [1.54, 1.807) is 0 Å². The number of benzene rings is 1. The minimum absolute atomic E-state index is 0.334. The molecule has 2 aromatic rings. The second kappa shape index (κ2) is 3.84. The van der Waals surface area contributed by atoms with Crippen LogP contribution in [0, 0.1) is 6.92 Å². The van der Waals surface area contributed by atoms with Crippen LogP contribution in [0.1, 0.15) is 33.3 Å². The van der Waals surface area contributed by atoms with Gasteiger partial charge in [-0.25, -0.2) is 0 Å². The normalized spacial score (nSPS) is 21.2. The minimum Gasteiger partial charge on any atom is -0.398 e. The zero-order chi connectivity index (χ0) is 13.8. The van der Waals surface area contributed by atoms with Crippen LogP contribution in [0.25, 0.3) is 10.9 Å². The second-order valence-corrected chi connectivity index (χ2v) is 6.25. The van der Waals surface area contributed by atoms with Crippen molar-refractivity contribution in [3.8, 4) is 0 Å². The van der Waals surface area contributed by atoms with E-state index in [9.17, 15) is 0 Å². The lowest BCUT2D eigenvalue weighted by atomic mass is 9.82. The van der Waals surface area contributed by atoms with Gasteiger partial charge in [-0.15, -0.1) is 0 Å². The number of rotatable bonds is 1. The third-order valence-electron chi connectivity index (χ3n) is 4.23. The molecule has 5 heteroatoms. The highest BCUT2D eigenvalue weighted by Crippen LogP contribution is 2.36. The second-order valence-electron chi connectivity index (χ2n) is 6.25. The van der Waals surface area contributed by atoms with E-state index in [4.69, 9.17) is 9.31 Å². The van der Waals surface area contributed by atoms with E-state index in [1.807, 2.05) is 6.07 Å². The molecular formula is C14H19BN2O2. The lowest BCUT2D eigenvalue weighted by molar-refractivity contribution is 0.00578. The van der Waals surface area contributed by atoms with Gasteiger partial charge >= 0.3 is 7.12 Å². The van der Waals surface area contributed by atoms with Crippen molar-refractivity contribution in [2.45, 2.75) is 45.8 Å². The summed E-state index contributed by atoms with van der Waals surface area (Å²) < 4.78 is 12.1. The van der Waals surface area contributed by atoms with Crippen molar-refractivity contribution in [1.29, 1.82) is 0 Å². The first kappa shape index (κ1) is 12.7. The summed E-state index contributed by atoms with van der Waals surface area (Å²) in [6, 6.07) is 6.17. The molecular weight excluding hydrogens is 239 g/mol. The van der Waals surface area contributed by atoms with Crippen molar-refractivity contribution in [2.75, 3.05) is 0 Å². The number of aromatic amines is 1. The molecule has 1 aliphatic rings. The number of hydrogen-bond donors (Lipinski definition) is 1. The summed E-state index contributed by atoms with van der Waals surface area (Å²) in [5.74, 6) is 0. The molecule has 0 unspecified atom stereocenters. The topological polar surface area (TPSA) is 47.1 Å². The molecule has 19 heavy (non-hydrogen) atoms. The molecule has 2 heterocycles. The van der Waals surface area contributed by atoms with E-state index in [2.05, 4.69) is 56.9 Å². The summed E-state index contributed by atoms with van der Waals surface area (Å²) in [6.45, 7) is 10.3. The van der Waals surface area contributed by atoms with Gasteiger partial charge in [0.1, 0.15) is 0 Å². The quantitative estimate of drug-likeness (QED) is 0.797. The Morgan fingerprint density at radius 1 is 1.11 bits per heavy atom. The largest absolute Gasteiger partial charge is 0.514 e. The van der Waals surface area contributed by atoms with E-state index in [-0.39, 0.29) is 11.2 Å². The Balaban J connectivity index is 2.05. The van der Waals surface area contributed by atoms with Crippen molar-refractivity contribution >= 4 is 23.6 Å². The van der Waals surface area contributed by atoms with Crippen molar-refractivity contribution in [3.05, 3.63) is 23.8 Å². The van der Waals surface area contributed by atoms with Gasteiger partial charge in [-0.2, -0.15) is 5.10 Å². The Hall–Kier alpha value is -1.33. The number of aryl methyl sites for hydroxylation is 1. The highest BCUT2D eigenvalue weighted by Gasteiger charge is 2.52. The Labute approximate surface area is 113 Å². The highest BCUT2D eigenvalue weighted by atomic mass is 16.7. The SMILES string of the molecule is Cc1ccc2n[nH]c(B3OC(C)(C)C(C)(C)O3)c2c1. The fourth-order valence-corrected chi connectivity index (χ4v) is 2.28. The average Bonchev–Trinajstić information content (AvgIpc) is 2.77. The molecule has 1 saturated heterocycles. The predicted octanol–water partition coefficient (Wildman–Crippen LogP) is 2.17. The first-order valence-corrected chi connectivity index (χ1v) is 6.60. The fourth-order valence-electron chi connectivity index (χ4n) is 2.28. The van der Waals surface area contributed by atoms with Gasteiger partial charge < -0.3 is 9.31 Å². The standard InChI is InChI=1S/C14H19BN2O2/c1-9-6-7-11-10(8-9)12(17-16-11)15-18-13(2,3)14(4,5)19-15/h6-8H,1-5H3,(H,16,17). The Morgan fingerprint density at radius 3 is 2.37 bits per heavy atom. The van der Waals surface area contributed by atoms with Gasteiger partial charge in [0, 0.05) is 5.39 Å². The number of fused-ring (bicyclic) bond motifs is 1. The molecule has 0 radical (unpaired) electrons. The molecule has 0 amide bonds. The maximum absolute atomic E-state index is 6.06. The van der Waals surface area contributed by atoms with Gasteiger partial charge in [0.05, 0.1) is 22.3 Å². The van der Waals surface area contributed by atoms with Gasteiger partial charge in [0.25, 0.3) is 0 Å². The average molecular weight is 258 g/mol. The molecule has 100 valence electrons. The van der Waals surface area contributed by atoms with Crippen LogP contribution in [-0.2, 0) is 9.31 Å². The molecule has 1 aromatic carbocycles. The van der Waals surface area contributed by atoms with E-state index in [0.717, 1.165) is 16.5 Å². The van der Waals surface area contributed by atoms with Crippen LogP contribution in [0.4, 0.5) is 0 Å². The third-order valence-corrected chi connectivity index (χ3v) is 4.23. The summed E-state index contributed by atoms with van der Waals surface area (Å²) in [5, 5.41) is 8.44. The minimum atomic E-state index is -0.392. The zero-order valence-corrected chi connectivity index (χ0v) is 12.1. The van der Waals surface area contributed by atoms with Crippen LogP contribution in [0.2, 0.25) is 0 Å². The molecule has 1 aliphatic heterocycles. The van der Waals surface area contributed by atoms with Crippen LogP contribution >= 0.6 is 0 Å². The summed E-state index contributed by atoms with van der Waals surface area (Å²) >= 11 is 0. The summed E-state index contributed by atoms with van der Waals surface area (Å²) in [5.41, 5.74) is 2.37. The molecule has 0 bridgehead atoms. The molecule has 0 atom stereocenters. The molecule has 1 fully saturated rings. The lowest BCUT2D eigenvalue weighted by Crippen LogP contribution is -2.41. The van der Waals surface area contributed by atoms with Gasteiger partial charge in [0.2, 0.25) is 0 Å². The van der Waals surface area contributed by atoms with E-state index >= 15 is 0 Å². The smallest absolute Gasteiger partial charge is 0.398 e. The number of H-pyrrole nitrogens is 1. The maximum Gasteiger partial charge on any atom is 0.514 e. The molecule has 4 nitrogen and oxygen atoms in total. The summed E-state index contributed by atoms with van der Waals surface area (Å²) in [4.78, 5) is 0. The Bertz CT molecular complexity index is 617. The van der Waals surface area contributed by atoms with Crippen LogP contribution in [-0.4, -0.2) is 28.5 Å². The third kappa shape index (κ3) is 1.88. The van der Waals surface area contributed by atoms with Crippen molar-refractivity contribution < 1.29 is 9.31 Å². The van der Waals surface area contributed by atoms with Gasteiger partial charge in [-0.05, 0) is 46.8 Å². The van der Waals surface area contributed by atoms with Crippen molar-refractivity contribution in [1.82, 2.24) is 10.2 Å². The Kier molecular flexibility index (Phi) is 2.56. The Morgan fingerprint density at radius 2 is 1.74 bits per heavy atom. The van der Waals surface area contributed by atoms with Crippen molar-refractivity contribution in [3.63, 3.8) is 0 Å². The molecule has 0 aliphatic carbocycles. The number of nitrogens with zero attached hydrogens (tertiary/aromatic N) is 1. The fraction of sp³-hybridized carbons (Fsp3) is 0.500. The first-order chi connectivity index (χ1) is 8.80. The van der Waals surface area contributed by atoms with E-state index in [1.165, 1.54) is 5.56 Å². The van der Waals surface area contributed by atoms with Gasteiger partial charge in [-0.1, -0.05) is 11.6 Å². The summed E-state index contributed by atoms with van der Waals surface area (Å²) in [6.07, 6.45) is 0. The number of hydrogen-bond acceptors (Lipinski definition) is 3. The molecule has 3 rings (SSSR count). The molecule has 1 aromatic heterocycles. The van der Waals surface area contributed by atoms with Crippen LogP contribution in [0.3, 0.4) is 0 Å². The monoisotopic (exact) mass is 258 g/mol. The maximum atomic E-state index is 6.06. The molecule has 0 spiro atoms.